The van der Waals surface area contributed by atoms with Crippen LogP contribution in [0.3, 0.4) is 0 Å². The first kappa shape index (κ1) is 18.9. The first-order valence-electron chi connectivity index (χ1n) is 10.1. The van der Waals surface area contributed by atoms with Crippen molar-refractivity contribution in [1.29, 1.82) is 0 Å². The molecule has 0 spiro atoms. The van der Waals surface area contributed by atoms with E-state index in [2.05, 4.69) is 9.97 Å². The SMILES string of the molecule is O=C(O)C[C@@H]1CCN(C(=O)C2CCOCC2)C[C@@H]1Cc1nc2ccccc2[nH]1. The number of carbonyl (C=O) groups is 2. The van der Waals surface area contributed by atoms with Crippen molar-refractivity contribution >= 4 is 22.9 Å². The number of ether oxygens (including phenoxy) is 1. The summed E-state index contributed by atoms with van der Waals surface area (Å²) < 4.78 is 5.38. The summed E-state index contributed by atoms with van der Waals surface area (Å²) in [6.07, 6.45) is 3.09. The molecule has 1 aromatic heterocycles. The van der Waals surface area contributed by atoms with E-state index in [1.54, 1.807) is 0 Å². The van der Waals surface area contributed by atoms with Crippen molar-refractivity contribution in [2.24, 2.45) is 17.8 Å². The summed E-state index contributed by atoms with van der Waals surface area (Å²) in [4.78, 5) is 34.3. The Morgan fingerprint density at radius 1 is 1.18 bits per heavy atom. The minimum absolute atomic E-state index is 0.0385. The molecule has 7 nitrogen and oxygen atoms in total. The summed E-state index contributed by atoms with van der Waals surface area (Å²) >= 11 is 0. The molecule has 0 saturated carbocycles. The fraction of sp³-hybridized carbons (Fsp3) is 0.571. The number of carboxylic acid groups (broad SMARTS) is 1. The molecule has 0 unspecified atom stereocenters. The maximum absolute atomic E-state index is 13.0. The third kappa shape index (κ3) is 4.19. The Bertz CT molecular complexity index is 810. The number of likely N-dealkylation sites (tertiary alicyclic amines) is 1. The molecule has 2 aromatic rings. The number of aromatic nitrogens is 2. The van der Waals surface area contributed by atoms with E-state index in [0.29, 0.717) is 32.7 Å². The minimum Gasteiger partial charge on any atom is -0.481 e. The molecule has 0 bridgehead atoms. The van der Waals surface area contributed by atoms with Gasteiger partial charge in [-0.25, -0.2) is 4.98 Å². The van der Waals surface area contributed by atoms with Crippen molar-refractivity contribution in [3.8, 4) is 0 Å². The monoisotopic (exact) mass is 385 g/mol. The number of hydrogen-bond acceptors (Lipinski definition) is 4. The number of hydrogen-bond donors (Lipinski definition) is 2. The number of H-pyrrole nitrogens is 1. The summed E-state index contributed by atoms with van der Waals surface area (Å²) in [6, 6.07) is 7.87. The lowest BCUT2D eigenvalue weighted by atomic mass is 9.80. The number of nitrogens with zero attached hydrogens (tertiary/aromatic N) is 2. The van der Waals surface area contributed by atoms with E-state index in [0.717, 1.165) is 36.1 Å². The third-order valence-electron chi connectivity index (χ3n) is 6.10. The van der Waals surface area contributed by atoms with Gasteiger partial charge in [0.25, 0.3) is 0 Å². The highest BCUT2D eigenvalue weighted by molar-refractivity contribution is 5.79. The van der Waals surface area contributed by atoms with Gasteiger partial charge in [0.15, 0.2) is 0 Å². The molecule has 3 heterocycles. The third-order valence-corrected chi connectivity index (χ3v) is 6.10. The Morgan fingerprint density at radius 3 is 2.71 bits per heavy atom. The second kappa shape index (κ2) is 8.31. The van der Waals surface area contributed by atoms with Gasteiger partial charge in [-0.3, -0.25) is 9.59 Å². The predicted octanol–water partition coefficient (Wildman–Crippen LogP) is 2.47. The fourth-order valence-corrected chi connectivity index (χ4v) is 4.56. The molecule has 0 radical (unpaired) electrons. The number of benzene rings is 1. The van der Waals surface area contributed by atoms with Crippen molar-refractivity contribution in [2.45, 2.75) is 32.1 Å². The highest BCUT2D eigenvalue weighted by Crippen LogP contribution is 2.31. The lowest BCUT2D eigenvalue weighted by Gasteiger charge is -2.40. The molecule has 1 aromatic carbocycles. The number of imidazole rings is 1. The lowest BCUT2D eigenvalue weighted by Crippen LogP contribution is -2.48. The Labute approximate surface area is 164 Å². The van der Waals surface area contributed by atoms with Crippen LogP contribution in [0.25, 0.3) is 11.0 Å². The van der Waals surface area contributed by atoms with Gasteiger partial charge in [-0.1, -0.05) is 12.1 Å². The van der Waals surface area contributed by atoms with Gasteiger partial charge in [0.1, 0.15) is 5.82 Å². The fourth-order valence-electron chi connectivity index (χ4n) is 4.56. The number of piperidine rings is 1. The number of aliphatic carboxylic acids is 1. The number of nitrogens with one attached hydrogen (secondary N) is 1. The molecule has 7 heteroatoms. The maximum atomic E-state index is 13.0. The first-order chi connectivity index (χ1) is 13.6. The molecule has 0 aliphatic carbocycles. The van der Waals surface area contributed by atoms with E-state index in [-0.39, 0.29) is 30.1 Å². The van der Waals surface area contributed by atoms with Gasteiger partial charge in [0.2, 0.25) is 5.91 Å². The number of rotatable bonds is 5. The molecule has 2 aliphatic rings. The molecule has 2 aliphatic heterocycles. The number of amides is 1. The van der Waals surface area contributed by atoms with Crippen LogP contribution >= 0.6 is 0 Å². The van der Waals surface area contributed by atoms with E-state index >= 15 is 0 Å². The van der Waals surface area contributed by atoms with E-state index in [4.69, 9.17) is 4.74 Å². The van der Waals surface area contributed by atoms with Crippen LogP contribution in [0.5, 0.6) is 0 Å². The summed E-state index contributed by atoms with van der Waals surface area (Å²) in [5, 5.41) is 9.33. The topological polar surface area (TPSA) is 95.5 Å². The average molecular weight is 385 g/mol. The van der Waals surface area contributed by atoms with E-state index < -0.39 is 5.97 Å². The normalized spacial score (nSPS) is 23.8. The molecular weight excluding hydrogens is 358 g/mol. The molecule has 2 saturated heterocycles. The average Bonchev–Trinajstić information content (AvgIpc) is 3.11. The molecule has 2 atom stereocenters. The first-order valence-corrected chi connectivity index (χ1v) is 10.1. The molecule has 2 fully saturated rings. The van der Waals surface area contributed by atoms with Gasteiger partial charge in [-0.15, -0.1) is 0 Å². The number of fused-ring (bicyclic) bond motifs is 1. The van der Waals surface area contributed by atoms with Crippen molar-refractivity contribution in [3.05, 3.63) is 30.1 Å². The zero-order valence-electron chi connectivity index (χ0n) is 16.0. The quantitative estimate of drug-likeness (QED) is 0.824. The van der Waals surface area contributed by atoms with Gasteiger partial charge in [-0.05, 0) is 43.2 Å². The second-order valence-corrected chi connectivity index (χ2v) is 7.98. The van der Waals surface area contributed by atoms with Crippen LogP contribution in [-0.4, -0.2) is 58.2 Å². The van der Waals surface area contributed by atoms with Crippen molar-refractivity contribution in [2.75, 3.05) is 26.3 Å². The van der Waals surface area contributed by atoms with Crippen LogP contribution < -0.4 is 0 Å². The Hall–Kier alpha value is -2.41. The summed E-state index contributed by atoms with van der Waals surface area (Å²) in [5.41, 5.74) is 1.90. The van der Waals surface area contributed by atoms with Gasteiger partial charge < -0.3 is 19.7 Å². The van der Waals surface area contributed by atoms with E-state index in [1.807, 2.05) is 29.2 Å². The molecule has 2 N–H and O–H groups in total. The Balaban J connectivity index is 1.49. The van der Waals surface area contributed by atoms with Crippen LogP contribution in [0.2, 0.25) is 0 Å². The van der Waals surface area contributed by atoms with Gasteiger partial charge in [-0.2, -0.15) is 0 Å². The zero-order valence-corrected chi connectivity index (χ0v) is 16.0. The van der Waals surface area contributed by atoms with Crippen LogP contribution in [0.4, 0.5) is 0 Å². The summed E-state index contributed by atoms with van der Waals surface area (Å²) in [7, 11) is 0. The Kier molecular flexibility index (Phi) is 5.62. The van der Waals surface area contributed by atoms with Crippen LogP contribution in [-0.2, 0) is 20.7 Å². The highest BCUT2D eigenvalue weighted by Gasteiger charge is 2.35. The Morgan fingerprint density at radius 2 is 1.96 bits per heavy atom. The zero-order chi connectivity index (χ0) is 19.5. The predicted molar refractivity (Wildman–Crippen MR) is 104 cm³/mol. The number of carbonyl (C=O) groups excluding carboxylic acids is 1. The smallest absolute Gasteiger partial charge is 0.303 e. The number of para-hydroxylation sites is 2. The van der Waals surface area contributed by atoms with Crippen molar-refractivity contribution < 1.29 is 19.4 Å². The van der Waals surface area contributed by atoms with Crippen LogP contribution in [0.1, 0.15) is 31.5 Å². The molecule has 28 heavy (non-hydrogen) atoms. The molecule has 150 valence electrons. The number of carboxylic acids is 1. The minimum atomic E-state index is -0.774. The standard InChI is InChI=1S/C21H27N3O4/c25-20(26)12-15-5-8-24(21(27)14-6-9-28-10-7-14)13-16(15)11-19-22-17-3-1-2-4-18(17)23-19/h1-4,14-16H,5-13H2,(H,22,23)(H,25,26)/t15-,16-/m0/s1. The largest absolute Gasteiger partial charge is 0.481 e. The van der Waals surface area contributed by atoms with E-state index in [1.165, 1.54) is 0 Å². The summed E-state index contributed by atoms with van der Waals surface area (Å²) in [6.45, 7) is 2.54. The van der Waals surface area contributed by atoms with Gasteiger partial charge in [0, 0.05) is 45.1 Å². The van der Waals surface area contributed by atoms with Crippen LogP contribution in [0.15, 0.2) is 24.3 Å². The second-order valence-electron chi connectivity index (χ2n) is 7.98. The molecular formula is C21H27N3O4. The highest BCUT2D eigenvalue weighted by atomic mass is 16.5. The van der Waals surface area contributed by atoms with E-state index in [9.17, 15) is 14.7 Å². The maximum Gasteiger partial charge on any atom is 0.303 e. The van der Waals surface area contributed by atoms with Crippen LogP contribution in [0, 0.1) is 17.8 Å². The van der Waals surface area contributed by atoms with Gasteiger partial charge in [0.05, 0.1) is 11.0 Å². The number of aromatic amines is 1. The van der Waals surface area contributed by atoms with Gasteiger partial charge >= 0.3 is 5.97 Å². The molecule has 1 amide bonds. The van der Waals surface area contributed by atoms with Crippen molar-refractivity contribution in [3.63, 3.8) is 0 Å². The molecule has 4 rings (SSSR count). The van der Waals surface area contributed by atoms with Crippen molar-refractivity contribution in [1.82, 2.24) is 14.9 Å². The summed E-state index contributed by atoms with van der Waals surface area (Å²) in [5.74, 6) is 0.479. The lowest BCUT2D eigenvalue weighted by molar-refractivity contribution is -0.142.